The molecule has 0 radical (unpaired) electrons. The number of aliphatic hydroxyl groups is 2. The van der Waals surface area contributed by atoms with Gasteiger partial charge in [0.1, 0.15) is 35.5 Å². The number of halogens is 2. The van der Waals surface area contributed by atoms with Crippen molar-refractivity contribution in [2.75, 3.05) is 12.3 Å². The number of alkyl halides is 2. The lowest BCUT2D eigenvalue weighted by Gasteiger charge is -2.46. The number of nitrogens with zero attached hydrogens (tertiary/aromatic N) is 5. The molecule has 2 aliphatic rings. The van der Waals surface area contributed by atoms with E-state index >= 15 is 0 Å². The van der Waals surface area contributed by atoms with E-state index in [1.54, 1.807) is 12.1 Å². The minimum Gasteiger partial charge on any atom is -0.433 e. The van der Waals surface area contributed by atoms with Crippen molar-refractivity contribution in [1.82, 2.24) is 29.4 Å². The van der Waals surface area contributed by atoms with E-state index in [4.69, 9.17) is 5.73 Å². The Balaban J connectivity index is 1.04. The lowest BCUT2D eigenvalue weighted by atomic mass is 9.76. The second kappa shape index (κ2) is 11.1. The summed E-state index contributed by atoms with van der Waals surface area (Å²) in [7, 11) is 0. The zero-order valence-corrected chi connectivity index (χ0v) is 24.1. The molecule has 0 saturated heterocycles. The van der Waals surface area contributed by atoms with Gasteiger partial charge in [0.15, 0.2) is 0 Å². The van der Waals surface area contributed by atoms with Crippen LogP contribution in [0.2, 0.25) is 0 Å². The van der Waals surface area contributed by atoms with Crippen molar-refractivity contribution >= 4 is 27.9 Å². The molecule has 2 fully saturated rings. The number of ether oxygens (including phenoxy) is 1. The number of hydrogen-bond donors (Lipinski definition) is 4. The molecular weight excluding hydrogens is 544 g/mol. The second-order valence-electron chi connectivity index (χ2n) is 12.4. The maximum Gasteiger partial charge on any atom is 0.394 e. The second-order valence-corrected chi connectivity index (χ2v) is 12.4. The predicted octanol–water partition coefficient (Wildman–Crippen LogP) is 4.29. The number of H-pyrrole nitrogens is 1. The highest BCUT2D eigenvalue weighted by Gasteiger charge is 2.45. The summed E-state index contributed by atoms with van der Waals surface area (Å²) in [5, 5.41) is 22.8. The number of imidazole rings is 1. The van der Waals surface area contributed by atoms with E-state index in [2.05, 4.69) is 43.4 Å². The van der Waals surface area contributed by atoms with E-state index < -0.39 is 18.3 Å². The predicted molar refractivity (Wildman–Crippen MR) is 155 cm³/mol. The number of aromatic amines is 1. The molecule has 0 unspecified atom stereocenters. The molecule has 226 valence electrons. The number of anilines is 1. The van der Waals surface area contributed by atoms with Gasteiger partial charge in [0.05, 0.1) is 28.6 Å². The molecule has 0 spiro atoms. The SMILES string of the molecule is CC(C)N(C[C@H]1C[C@@H](n2ccc3c(N)ncnc32)[C@H](O)[C@@H]1O)C1CC(CCc2nc3ccc(OC(C)(F)F)cc3[nH]2)C1. The molecule has 5 N–H and O–H groups in total. The molecule has 42 heavy (non-hydrogen) atoms. The molecule has 0 amide bonds. The van der Waals surface area contributed by atoms with Gasteiger partial charge in [-0.2, -0.15) is 8.78 Å². The standard InChI is InChI=1S/C30H39F2N7O3/c1-16(2)39(14-18-12-24(27(41)26(18)40)38-9-8-21-28(33)34-15-35-29(21)38)19-10-17(11-19)4-7-25-36-22-6-5-20(13-23(22)37-25)42-30(3,31)32/h5-6,8-9,13,15-19,24,26-27,40-41H,4,7,10-12,14H2,1-3H3,(H,36,37)(H2,33,34,35)/t17?,18-,19?,24-,26-,27+/m1/s1. The van der Waals surface area contributed by atoms with Crippen LogP contribution in [0.3, 0.4) is 0 Å². The smallest absolute Gasteiger partial charge is 0.394 e. The van der Waals surface area contributed by atoms with E-state index in [9.17, 15) is 19.0 Å². The first-order chi connectivity index (χ1) is 20.0. The summed E-state index contributed by atoms with van der Waals surface area (Å²) in [4.78, 5) is 18.8. The number of fused-ring (bicyclic) bond motifs is 2. The van der Waals surface area contributed by atoms with Crippen LogP contribution in [0.15, 0.2) is 36.8 Å². The molecule has 3 heterocycles. The highest BCUT2D eigenvalue weighted by atomic mass is 19.3. The van der Waals surface area contributed by atoms with Crippen LogP contribution in [0.4, 0.5) is 14.6 Å². The number of hydrogen-bond acceptors (Lipinski definition) is 8. The van der Waals surface area contributed by atoms with Crippen LogP contribution in [0.5, 0.6) is 5.75 Å². The fourth-order valence-electron chi connectivity index (χ4n) is 6.84. The third-order valence-corrected chi connectivity index (χ3v) is 9.05. The van der Waals surface area contributed by atoms with Crippen LogP contribution in [-0.4, -0.2) is 76.6 Å². The molecule has 4 atom stereocenters. The van der Waals surface area contributed by atoms with E-state index in [0.717, 1.165) is 49.3 Å². The fraction of sp³-hybridized carbons (Fsp3) is 0.567. The number of aliphatic hydroxyl groups excluding tert-OH is 2. The molecule has 0 bridgehead atoms. The summed E-state index contributed by atoms with van der Waals surface area (Å²) in [5.74, 6) is 1.84. The van der Waals surface area contributed by atoms with Gasteiger partial charge >= 0.3 is 6.11 Å². The Hall–Kier alpha value is -3.35. The number of nitrogens with one attached hydrogen (secondary N) is 1. The lowest BCUT2D eigenvalue weighted by Crippen LogP contribution is -2.51. The van der Waals surface area contributed by atoms with Crippen molar-refractivity contribution in [3.05, 3.63) is 42.6 Å². The van der Waals surface area contributed by atoms with Crippen LogP contribution >= 0.6 is 0 Å². The number of aromatic nitrogens is 5. The third kappa shape index (κ3) is 5.67. The summed E-state index contributed by atoms with van der Waals surface area (Å²) in [6.45, 7) is 5.80. The van der Waals surface area contributed by atoms with Gasteiger partial charge < -0.3 is 30.2 Å². The summed E-state index contributed by atoms with van der Waals surface area (Å²) < 4.78 is 33.0. The summed E-state index contributed by atoms with van der Waals surface area (Å²) in [5.41, 5.74) is 8.09. The molecule has 1 aromatic carbocycles. The van der Waals surface area contributed by atoms with Crippen molar-refractivity contribution in [3.63, 3.8) is 0 Å². The van der Waals surface area contributed by atoms with Gasteiger partial charge in [-0.25, -0.2) is 15.0 Å². The van der Waals surface area contributed by atoms with Gasteiger partial charge in [-0.05, 0) is 63.6 Å². The van der Waals surface area contributed by atoms with Crippen LogP contribution in [0.1, 0.15) is 58.3 Å². The van der Waals surface area contributed by atoms with Gasteiger partial charge in [-0.1, -0.05) is 0 Å². The van der Waals surface area contributed by atoms with Crippen LogP contribution in [-0.2, 0) is 6.42 Å². The molecule has 12 heteroatoms. The Morgan fingerprint density at radius 1 is 1.17 bits per heavy atom. The van der Waals surface area contributed by atoms with Crippen molar-refractivity contribution < 1.29 is 23.7 Å². The van der Waals surface area contributed by atoms with Crippen molar-refractivity contribution in [3.8, 4) is 5.75 Å². The van der Waals surface area contributed by atoms with Gasteiger partial charge in [-0.15, -0.1) is 0 Å². The van der Waals surface area contributed by atoms with Gasteiger partial charge in [0.25, 0.3) is 0 Å². The molecule has 10 nitrogen and oxygen atoms in total. The number of aryl methyl sites for hydroxylation is 1. The Kier molecular flexibility index (Phi) is 7.57. The van der Waals surface area contributed by atoms with Crippen molar-refractivity contribution in [2.24, 2.45) is 11.8 Å². The molecule has 2 saturated carbocycles. The average Bonchev–Trinajstić information content (AvgIpc) is 3.58. The first-order valence-corrected chi connectivity index (χ1v) is 14.7. The Labute approximate surface area is 242 Å². The molecule has 4 aromatic rings. The van der Waals surface area contributed by atoms with E-state index in [1.807, 2.05) is 16.8 Å². The topological polar surface area (TPSA) is 138 Å². The van der Waals surface area contributed by atoms with E-state index in [1.165, 1.54) is 12.4 Å². The van der Waals surface area contributed by atoms with Crippen molar-refractivity contribution in [2.45, 2.75) is 89.3 Å². The monoisotopic (exact) mass is 583 g/mol. The zero-order valence-electron chi connectivity index (χ0n) is 24.1. The first kappa shape index (κ1) is 28.8. The maximum atomic E-state index is 13.2. The maximum absolute atomic E-state index is 13.2. The van der Waals surface area contributed by atoms with E-state index in [0.29, 0.717) is 47.9 Å². The van der Waals surface area contributed by atoms with Gasteiger partial charge in [0.2, 0.25) is 0 Å². The normalized spacial score (nSPS) is 26.5. The molecular formula is C30H39F2N7O3. The Morgan fingerprint density at radius 2 is 1.95 bits per heavy atom. The molecule has 6 rings (SSSR count). The summed E-state index contributed by atoms with van der Waals surface area (Å²) in [6, 6.07) is 7.06. The Bertz CT molecular complexity index is 1540. The zero-order chi connectivity index (χ0) is 29.8. The van der Waals surface area contributed by atoms with Gasteiger partial charge in [0, 0.05) is 50.2 Å². The largest absolute Gasteiger partial charge is 0.433 e. The number of rotatable bonds is 10. The first-order valence-electron chi connectivity index (χ1n) is 14.7. The number of nitrogen functional groups attached to an aromatic ring is 1. The van der Waals surface area contributed by atoms with Crippen LogP contribution in [0, 0.1) is 11.8 Å². The minimum absolute atomic E-state index is 0.0693. The van der Waals surface area contributed by atoms with Crippen LogP contribution in [0.25, 0.3) is 22.1 Å². The lowest BCUT2D eigenvalue weighted by molar-refractivity contribution is -0.158. The number of benzene rings is 1. The molecule has 3 aromatic heterocycles. The highest BCUT2D eigenvalue weighted by Crippen LogP contribution is 2.41. The van der Waals surface area contributed by atoms with Gasteiger partial charge in [-0.3, -0.25) is 4.90 Å². The van der Waals surface area contributed by atoms with E-state index in [-0.39, 0.29) is 17.7 Å². The number of nitrogens with two attached hydrogens (primary N) is 1. The Morgan fingerprint density at radius 3 is 2.69 bits per heavy atom. The molecule has 0 aliphatic heterocycles. The minimum atomic E-state index is -3.24. The van der Waals surface area contributed by atoms with Crippen molar-refractivity contribution in [1.29, 1.82) is 0 Å². The fourth-order valence-corrected chi connectivity index (χ4v) is 6.84. The summed E-state index contributed by atoms with van der Waals surface area (Å²) >= 11 is 0. The molecule has 2 aliphatic carbocycles. The quantitative estimate of drug-likeness (QED) is 0.217. The summed E-state index contributed by atoms with van der Waals surface area (Å²) in [6.07, 6.45) is 2.87. The highest BCUT2D eigenvalue weighted by molar-refractivity contribution is 5.86. The third-order valence-electron chi connectivity index (χ3n) is 9.05. The average molecular weight is 584 g/mol. The van der Waals surface area contributed by atoms with Crippen LogP contribution < -0.4 is 10.5 Å².